The van der Waals surface area contributed by atoms with E-state index in [2.05, 4.69) is 15.0 Å². The Bertz CT molecular complexity index is 1180. The number of hydrogen-bond acceptors (Lipinski definition) is 9. The molecule has 4 rings (SSSR count). The summed E-state index contributed by atoms with van der Waals surface area (Å²) >= 11 is 0. The van der Waals surface area contributed by atoms with Crippen LogP contribution < -0.4 is 10.6 Å². The number of imide groups is 1. The predicted molar refractivity (Wildman–Crippen MR) is 117 cm³/mol. The van der Waals surface area contributed by atoms with Crippen LogP contribution in [0.4, 0.5) is 11.9 Å². The zero-order valence-corrected chi connectivity index (χ0v) is 17.7. The highest BCUT2D eigenvalue weighted by atomic mass is 16.5. The third-order valence-electron chi connectivity index (χ3n) is 5.07. The van der Waals surface area contributed by atoms with Gasteiger partial charge in [0.1, 0.15) is 0 Å². The van der Waals surface area contributed by atoms with Crippen LogP contribution in [0.15, 0.2) is 36.4 Å². The molecule has 2 amide bonds. The Kier molecular flexibility index (Phi) is 5.67. The van der Waals surface area contributed by atoms with E-state index in [9.17, 15) is 14.4 Å². The van der Waals surface area contributed by atoms with Gasteiger partial charge in [-0.15, -0.1) is 0 Å². The van der Waals surface area contributed by atoms with Crippen LogP contribution in [0.25, 0.3) is 10.8 Å². The van der Waals surface area contributed by atoms with Crippen molar-refractivity contribution >= 4 is 40.5 Å². The van der Waals surface area contributed by atoms with Gasteiger partial charge in [-0.3, -0.25) is 19.3 Å². The van der Waals surface area contributed by atoms with Gasteiger partial charge >= 0.3 is 5.97 Å². The molecule has 0 atom stereocenters. The van der Waals surface area contributed by atoms with Gasteiger partial charge in [-0.1, -0.05) is 24.3 Å². The van der Waals surface area contributed by atoms with Crippen molar-refractivity contribution in [1.82, 2.24) is 19.9 Å². The van der Waals surface area contributed by atoms with Gasteiger partial charge in [0.15, 0.2) is 12.4 Å². The highest BCUT2D eigenvalue weighted by Crippen LogP contribution is 2.30. The minimum Gasteiger partial charge on any atom is -0.457 e. The van der Waals surface area contributed by atoms with E-state index in [-0.39, 0.29) is 49.6 Å². The Hall–Kier alpha value is -4.08. The van der Waals surface area contributed by atoms with E-state index >= 15 is 0 Å². The molecule has 0 spiro atoms. The summed E-state index contributed by atoms with van der Waals surface area (Å²) in [6.07, 6.45) is 0.306. The molecule has 0 saturated heterocycles. The van der Waals surface area contributed by atoms with E-state index in [4.69, 9.17) is 10.5 Å². The summed E-state index contributed by atoms with van der Waals surface area (Å²) in [5.41, 5.74) is 6.64. The fraction of sp³-hybridized carbons (Fsp3) is 0.273. The van der Waals surface area contributed by atoms with Crippen LogP contribution >= 0.6 is 0 Å². The number of esters is 1. The van der Waals surface area contributed by atoms with Crippen molar-refractivity contribution in [3.05, 3.63) is 53.3 Å². The van der Waals surface area contributed by atoms with E-state index < -0.39 is 5.97 Å². The predicted octanol–water partition coefficient (Wildman–Crippen LogP) is 1.79. The van der Waals surface area contributed by atoms with Crippen molar-refractivity contribution in [2.45, 2.75) is 19.4 Å². The highest BCUT2D eigenvalue weighted by molar-refractivity contribution is 6.25. The van der Waals surface area contributed by atoms with Crippen molar-refractivity contribution in [2.75, 3.05) is 31.3 Å². The second kappa shape index (κ2) is 8.58. The first-order valence-corrected chi connectivity index (χ1v) is 10.1. The lowest BCUT2D eigenvalue weighted by molar-refractivity contribution is -0.145. The quantitative estimate of drug-likeness (QED) is 0.436. The fourth-order valence-electron chi connectivity index (χ4n) is 3.57. The van der Waals surface area contributed by atoms with Crippen LogP contribution in [0, 0.1) is 0 Å². The maximum absolute atomic E-state index is 12.9. The number of amides is 2. The molecule has 0 radical (unpaired) electrons. The van der Waals surface area contributed by atoms with Crippen LogP contribution in [0.2, 0.25) is 0 Å². The summed E-state index contributed by atoms with van der Waals surface area (Å²) in [6.45, 7) is -0.0374. The lowest BCUT2D eigenvalue weighted by Gasteiger charge is -2.27. The van der Waals surface area contributed by atoms with Gasteiger partial charge in [-0.2, -0.15) is 15.0 Å². The Morgan fingerprint density at radius 2 is 1.69 bits per heavy atom. The Morgan fingerprint density at radius 1 is 1.03 bits per heavy atom. The molecule has 2 heterocycles. The monoisotopic (exact) mass is 434 g/mol. The number of nitrogens with zero attached hydrogens (tertiary/aromatic N) is 5. The number of nitrogens with two attached hydrogens (primary N) is 1. The molecule has 0 fully saturated rings. The maximum atomic E-state index is 12.9. The normalized spacial score (nSPS) is 12.9. The number of nitrogen functional groups attached to an aromatic ring is 1. The largest absolute Gasteiger partial charge is 0.457 e. The first-order valence-electron chi connectivity index (χ1n) is 10.1. The third kappa shape index (κ3) is 4.07. The maximum Gasteiger partial charge on any atom is 0.306 e. The molecular formula is C22H22N6O4. The van der Waals surface area contributed by atoms with Gasteiger partial charge < -0.3 is 15.4 Å². The molecular weight excluding hydrogens is 412 g/mol. The average molecular weight is 434 g/mol. The van der Waals surface area contributed by atoms with E-state index in [1.807, 2.05) is 12.1 Å². The van der Waals surface area contributed by atoms with Gasteiger partial charge in [0.2, 0.25) is 11.9 Å². The summed E-state index contributed by atoms with van der Waals surface area (Å²) in [6, 6.07) is 10.8. The lowest BCUT2D eigenvalue weighted by Crippen LogP contribution is -2.41. The minimum absolute atomic E-state index is 0.0318. The average Bonchev–Trinajstić information content (AvgIpc) is 2.77. The number of benzene rings is 2. The molecule has 32 heavy (non-hydrogen) atoms. The van der Waals surface area contributed by atoms with Crippen LogP contribution in [-0.4, -0.2) is 58.3 Å². The summed E-state index contributed by atoms with van der Waals surface area (Å²) in [5, 5.41) is 1.52. The molecule has 164 valence electrons. The molecule has 0 saturated carbocycles. The van der Waals surface area contributed by atoms with E-state index in [0.717, 1.165) is 5.39 Å². The van der Waals surface area contributed by atoms with Crippen molar-refractivity contribution in [2.24, 2.45) is 0 Å². The van der Waals surface area contributed by atoms with Crippen LogP contribution in [-0.2, 0) is 16.1 Å². The molecule has 3 aromatic rings. The molecule has 10 nitrogen and oxygen atoms in total. The van der Waals surface area contributed by atoms with Crippen LogP contribution in [0.3, 0.4) is 0 Å². The van der Waals surface area contributed by atoms with E-state index in [1.165, 1.54) is 4.90 Å². The SMILES string of the molecule is CN(C)c1nc(N)nc(COC(=O)CCCN2C(=O)c3cccc4cccc(c34)C2=O)n1. The standard InChI is InChI=1S/C22H22N6O4/c1-27(2)22-25-16(24-21(23)26-22)12-32-17(29)10-5-11-28-19(30)14-8-3-6-13-7-4-9-15(18(13)14)20(28)31/h3-4,6-9H,5,10-12H2,1-2H3,(H2,23,24,25,26). The molecule has 2 N–H and O–H groups in total. The number of rotatable bonds is 7. The number of ether oxygens (including phenoxy) is 1. The van der Waals surface area contributed by atoms with Gasteiger partial charge in [0, 0.05) is 43.6 Å². The van der Waals surface area contributed by atoms with E-state index in [1.54, 1.807) is 43.3 Å². The zero-order chi connectivity index (χ0) is 22.8. The number of carbonyl (C=O) groups is 3. The summed E-state index contributed by atoms with van der Waals surface area (Å²) in [5.74, 6) is -0.572. The van der Waals surface area contributed by atoms with E-state index in [0.29, 0.717) is 22.5 Å². The molecule has 2 aromatic carbocycles. The Labute approximate surface area is 184 Å². The topological polar surface area (TPSA) is 132 Å². The Morgan fingerprint density at radius 3 is 2.31 bits per heavy atom. The van der Waals surface area contributed by atoms with Crippen molar-refractivity contribution in [3.63, 3.8) is 0 Å². The fourth-order valence-corrected chi connectivity index (χ4v) is 3.57. The molecule has 0 bridgehead atoms. The van der Waals surface area contributed by atoms with Crippen molar-refractivity contribution < 1.29 is 19.1 Å². The minimum atomic E-state index is -0.491. The van der Waals surface area contributed by atoms with Gasteiger partial charge in [-0.25, -0.2) is 0 Å². The van der Waals surface area contributed by atoms with Crippen molar-refractivity contribution in [1.29, 1.82) is 0 Å². The second-order valence-electron chi connectivity index (χ2n) is 7.54. The smallest absolute Gasteiger partial charge is 0.306 e. The third-order valence-corrected chi connectivity index (χ3v) is 5.07. The molecule has 10 heteroatoms. The first-order chi connectivity index (χ1) is 15.3. The number of hydrogen-bond donors (Lipinski definition) is 1. The zero-order valence-electron chi connectivity index (χ0n) is 17.7. The summed E-state index contributed by atoms with van der Waals surface area (Å²) < 4.78 is 5.21. The highest BCUT2D eigenvalue weighted by Gasteiger charge is 2.32. The molecule has 1 aliphatic heterocycles. The van der Waals surface area contributed by atoms with Gasteiger partial charge in [0.05, 0.1) is 0 Å². The summed E-state index contributed by atoms with van der Waals surface area (Å²) in [4.78, 5) is 52.8. The van der Waals surface area contributed by atoms with Gasteiger partial charge in [-0.05, 0) is 23.9 Å². The van der Waals surface area contributed by atoms with Crippen LogP contribution in [0.5, 0.6) is 0 Å². The lowest BCUT2D eigenvalue weighted by atomic mass is 9.94. The molecule has 1 aromatic heterocycles. The number of aromatic nitrogens is 3. The van der Waals surface area contributed by atoms with Crippen LogP contribution in [0.1, 0.15) is 39.4 Å². The van der Waals surface area contributed by atoms with Gasteiger partial charge in [0.25, 0.3) is 11.8 Å². The molecule has 1 aliphatic rings. The molecule has 0 aliphatic carbocycles. The molecule has 0 unspecified atom stereocenters. The number of anilines is 2. The number of carbonyl (C=O) groups excluding carboxylic acids is 3. The van der Waals surface area contributed by atoms with Crippen molar-refractivity contribution in [3.8, 4) is 0 Å². The first kappa shape index (κ1) is 21.2. The summed E-state index contributed by atoms with van der Waals surface area (Å²) in [7, 11) is 3.51. The Balaban J connectivity index is 1.35. The second-order valence-corrected chi connectivity index (χ2v) is 7.54.